The molecule has 0 amide bonds. The van der Waals surface area contributed by atoms with Crippen molar-refractivity contribution in [3.63, 3.8) is 0 Å². The summed E-state index contributed by atoms with van der Waals surface area (Å²) in [4.78, 5) is 0. The van der Waals surface area contributed by atoms with E-state index in [0.717, 1.165) is 19.0 Å². The van der Waals surface area contributed by atoms with Gasteiger partial charge >= 0.3 is 0 Å². The summed E-state index contributed by atoms with van der Waals surface area (Å²) in [6.45, 7) is 5.79. The maximum atomic E-state index is 8.91. The second-order valence-corrected chi connectivity index (χ2v) is 5.35. The Hall–Kier alpha value is -0.0800. The molecular weight excluding hydrogens is 174 g/mol. The van der Waals surface area contributed by atoms with Crippen molar-refractivity contribution in [1.82, 2.24) is 5.32 Å². The Morgan fingerprint density at radius 3 is 2.43 bits per heavy atom. The first-order chi connectivity index (χ1) is 6.64. The third kappa shape index (κ3) is 4.43. The van der Waals surface area contributed by atoms with Crippen LogP contribution in [-0.4, -0.2) is 24.3 Å². The van der Waals surface area contributed by atoms with E-state index in [9.17, 15) is 0 Å². The Labute approximate surface area is 88.1 Å². The van der Waals surface area contributed by atoms with Crippen LogP contribution < -0.4 is 5.32 Å². The van der Waals surface area contributed by atoms with Crippen LogP contribution in [0.3, 0.4) is 0 Å². The van der Waals surface area contributed by atoms with Gasteiger partial charge in [-0.2, -0.15) is 0 Å². The molecule has 2 N–H and O–H groups in total. The van der Waals surface area contributed by atoms with Crippen LogP contribution in [0.15, 0.2) is 0 Å². The number of aliphatic hydroxyl groups excluding tert-OH is 1. The van der Waals surface area contributed by atoms with Crippen molar-refractivity contribution >= 4 is 0 Å². The lowest BCUT2D eigenvalue weighted by atomic mass is 9.88. The number of rotatable bonds is 5. The molecule has 0 atom stereocenters. The van der Waals surface area contributed by atoms with Gasteiger partial charge in [-0.15, -0.1) is 0 Å². The first-order valence-corrected chi connectivity index (χ1v) is 5.98. The van der Waals surface area contributed by atoms with Crippen LogP contribution >= 0.6 is 0 Å². The summed E-state index contributed by atoms with van der Waals surface area (Å²) >= 11 is 0. The van der Waals surface area contributed by atoms with Gasteiger partial charge in [0, 0.05) is 19.2 Å². The highest BCUT2D eigenvalue weighted by atomic mass is 16.3. The molecule has 84 valence electrons. The molecule has 0 aromatic rings. The molecular formula is C12H25NO. The van der Waals surface area contributed by atoms with Crippen molar-refractivity contribution in [2.45, 2.75) is 58.4 Å². The van der Waals surface area contributed by atoms with E-state index in [2.05, 4.69) is 19.2 Å². The second-order valence-electron chi connectivity index (χ2n) is 5.35. The summed E-state index contributed by atoms with van der Waals surface area (Å²) in [7, 11) is 0. The highest BCUT2D eigenvalue weighted by Crippen LogP contribution is 2.21. The van der Waals surface area contributed by atoms with Crippen molar-refractivity contribution in [2.75, 3.05) is 13.2 Å². The molecule has 2 nitrogen and oxygen atoms in total. The fourth-order valence-electron chi connectivity index (χ4n) is 2.12. The average Bonchev–Trinajstić information content (AvgIpc) is 2.17. The highest BCUT2D eigenvalue weighted by molar-refractivity contribution is 4.77. The van der Waals surface area contributed by atoms with E-state index in [4.69, 9.17) is 5.11 Å². The minimum absolute atomic E-state index is 0.242. The number of aliphatic hydroxyl groups is 1. The van der Waals surface area contributed by atoms with Crippen molar-refractivity contribution in [2.24, 2.45) is 5.41 Å². The van der Waals surface area contributed by atoms with Gasteiger partial charge in [0.2, 0.25) is 0 Å². The summed E-state index contributed by atoms with van der Waals surface area (Å²) in [6.07, 6.45) is 7.77. The summed E-state index contributed by atoms with van der Waals surface area (Å²) in [6, 6.07) is 0.738. The Kier molecular flexibility index (Phi) is 4.90. The molecule has 1 rings (SSSR count). The molecule has 0 aromatic heterocycles. The standard InChI is InChI=1S/C12H25NO/c1-12(2,8-9-14)10-13-11-6-4-3-5-7-11/h11,13-14H,3-10H2,1-2H3. The van der Waals surface area contributed by atoms with Gasteiger partial charge in [-0.05, 0) is 24.7 Å². The van der Waals surface area contributed by atoms with Crippen LogP contribution in [0.2, 0.25) is 0 Å². The molecule has 1 fully saturated rings. The summed E-state index contributed by atoms with van der Waals surface area (Å²) in [5.74, 6) is 0. The van der Waals surface area contributed by atoms with Crippen molar-refractivity contribution in [3.8, 4) is 0 Å². The molecule has 0 saturated heterocycles. The first kappa shape index (κ1) is 12.0. The van der Waals surface area contributed by atoms with Gasteiger partial charge in [0.25, 0.3) is 0 Å². The molecule has 0 bridgehead atoms. The fraction of sp³-hybridized carbons (Fsp3) is 1.00. The van der Waals surface area contributed by atoms with Crippen LogP contribution in [0.5, 0.6) is 0 Å². The highest BCUT2D eigenvalue weighted by Gasteiger charge is 2.20. The lowest BCUT2D eigenvalue weighted by molar-refractivity contribution is 0.198. The molecule has 0 heterocycles. The Balaban J connectivity index is 2.17. The lowest BCUT2D eigenvalue weighted by Gasteiger charge is -2.29. The van der Waals surface area contributed by atoms with Gasteiger partial charge in [-0.25, -0.2) is 0 Å². The van der Waals surface area contributed by atoms with Gasteiger partial charge in [-0.1, -0.05) is 33.1 Å². The average molecular weight is 199 g/mol. The third-order valence-electron chi connectivity index (χ3n) is 3.26. The molecule has 14 heavy (non-hydrogen) atoms. The first-order valence-electron chi connectivity index (χ1n) is 5.98. The summed E-state index contributed by atoms with van der Waals surface area (Å²) in [5.41, 5.74) is 0.242. The monoisotopic (exact) mass is 199 g/mol. The van der Waals surface area contributed by atoms with E-state index in [1.165, 1.54) is 32.1 Å². The molecule has 0 aromatic carbocycles. The molecule has 1 aliphatic carbocycles. The zero-order valence-electron chi connectivity index (χ0n) is 9.68. The zero-order chi connectivity index (χ0) is 10.4. The minimum atomic E-state index is 0.242. The van der Waals surface area contributed by atoms with E-state index in [1.54, 1.807) is 0 Å². The van der Waals surface area contributed by atoms with Crippen LogP contribution in [0.25, 0.3) is 0 Å². The smallest absolute Gasteiger partial charge is 0.0436 e. The second kappa shape index (κ2) is 5.72. The zero-order valence-corrected chi connectivity index (χ0v) is 9.68. The van der Waals surface area contributed by atoms with E-state index in [0.29, 0.717) is 6.61 Å². The van der Waals surface area contributed by atoms with E-state index < -0.39 is 0 Å². The Morgan fingerprint density at radius 1 is 1.21 bits per heavy atom. The maximum absolute atomic E-state index is 8.91. The van der Waals surface area contributed by atoms with Gasteiger partial charge in [0.15, 0.2) is 0 Å². The lowest BCUT2D eigenvalue weighted by Crippen LogP contribution is -2.38. The molecule has 2 heteroatoms. The van der Waals surface area contributed by atoms with Gasteiger partial charge < -0.3 is 10.4 Å². The normalized spacial score (nSPS) is 19.9. The van der Waals surface area contributed by atoms with Crippen LogP contribution in [0.4, 0.5) is 0 Å². The molecule has 1 saturated carbocycles. The summed E-state index contributed by atoms with van der Waals surface area (Å²) < 4.78 is 0. The predicted molar refractivity (Wildman–Crippen MR) is 60.4 cm³/mol. The Morgan fingerprint density at radius 2 is 1.86 bits per heavy atom. The molecule has 0 unspecified atom stereocenters. The van der Waals surface area contributed by atoms with E-state index in [1.807, 2.05) is 0 Å². The number of hydrogen-bond acceptors (Lipinski definition) is 2. The van der Waals surface area contributed by atoms with Gasteiger partial charge in [0.1, 0.15) is 0 Å². The molecule has 0 radical (unpaired) electrons. The topological polar surface area (TPSA) is 32.3 Å². The quantitative estimate of drug-likeness (QED) is 0.712. The van der Waals surface area contributed by atoms with Crippen molar-refractivity contribution in [1.29, 1.82) is 0 Å². The van der Waals surface area contributed by atoms with Crippen LogP contribution in [-0.2, 0) is 0 Å². The van der Waals surface area contributed by atoms with Crippen LogP contribution in [0, 0.1) is 5.41 Å². The summed E-state index contributed by atoms with van der Waals surface area (Å²) in [5, 5.41) is 12.5. The van der Waals surface area contributed by atoms with Crippen LogP contribution in [0.1, 0.15) is 52.4 Å². The molecule has 0 aliphatic heterocycles. The fourth-order valence-corrected chi connectivity index (χ4v) is 2.12. The molecule has 1 aliphatic rings. The largest absolute Gasteiger partial charge is 0.396 e. The van der Waals surface area contributed by atoms with E-state index in [-0.39, 0.29) is 5.41 Å². The number of nitrogens with one attached hydrogen (secondary N) is 1. The molecule has 0 spiro atoms. The van der Waals surface area contributed by atoms with Crippen molar-refractivity contribution < 1.29 is 5.11 Å². The van der Waals surface area contributed by atoms with Gasteiger partial charge in [-0.3, -0.25) is 0 Å². The van der Waals surface area contributed by atoms with E-state index >= 15 is 0 Å². The van der Waals surface area contributed by atoms with Crippen molar-refractivity contribution in [3.05, 3.63) is 0 Å². The minimum Gasteiger partial charge on any atom is -0.396 e. The maximum Gasteiger partial charge on any atom is 0.0436 e. The number of hydrogen-bond donors (Lipinski definition) is 2. The third-order valence-corrected chi connectivity index (χ3v) is 3.26. The predicted octanol–water partition coefficient (Wildman–Crippen LogP) is 2.32. The van der Waals surface area contributed by atoms with Gasteiger partial charge in [0.05, 0.1) is 0 Å². The Bertz CT molecular complexity index is 150. The SMILES string of the molecule is CC(C)(CCO)CNC1CCCCC1.